The number of aliphatic hydroxyl groups is 1. The lowest BCUT2D eigenvalue weighted by Gasteiger charge is -2.50. The third-order valence-electron chi connectivity index (χ3n) is 3.99. The van der Waals surface area contributed by atoms with Gasteiger partial charge in [0.05, 0.1) is 12.2 Å². The van der Waals surface area contributed by atoms with E-state index in [1.165, 1.54) is 0 Å². The monoisotopic (exact) mass is 230 g/mol. The van der Waals surface area contributed by atoms with E-state index in [2.05, 4.69) is 5.43 Å². The van der Waals surface area contributed by atoms with Crippen LogP contribution in [0.15, 0.2) is 0 Å². The Kier molecular flexibility index (Phi) is 2.87. The highest BCUT2D eigenvalue weighted by atomic mass is 32.1. The van der Waals surface area contributed by atoms with E-state index in [1.54, 1.807) is 0 Å². The summed E-state index contributed by atoms with van der Waals surface area (Å²) in [5.74, 6) is 5.15. The molecule has 3 saturated carbocycles. The molecule has 4 nitrogen and oxygen atoms in total. The fraction of sp³-hybridized carbons (Fsp3) is 0.900. The molecule has 0 aliphatic heterocycles. The summed E-state index contributed by atoms with van der Waals surface area (Å²) in [6.45, 7) is 0.631. The van der Waals surface area contributed by atoms with Crippen LogP contribution in [0.5, 0.6) is 0 Å². The number of ether oxygens (including phenoxy) is 1. The summed E-state index contributed by atoms with van der Waals surface area (Å²) in [7, 11) is 0. The number of hydrazine groups is 1. The average molecular weight is 230 g/mol. The second-order valence-corrected chi connectivity index (χ2v) is 5.32. The van der Waals surface area contributed by atoms with E-state index in [4.69, 9.17) is 22.8 Å². The second-order valence-electron chi connectivity index (χ2n) is 4.94. The lowest BCUT2D eigenvalue weighted by molar-refractivity contribution is -0.105. The highest BCUT2D eigenvalue weighted by Gasteiger charge is 2.48. The lowest BCUT2D eigenvalue weighted by Crippen LogP contribution is -2.48. The van der Waals surface area contributed by atoms with Gasteiger partial charge in [-0.15, -0.1) is 0 Å². The molecular formula is C10H18N2O2S. The van der Waals surface area contributed by atoms with Crippen molar-refractivity contribution in [2.45, 2.75) is 44.1 Å². The Morgan fingerprint density at radius 2 is 1.80 bits per heavy atom. The number of rotatable bonds is 2. The van der Waals surface area contributed by atoms with E-state index in [0.29, 0.717) is 6.61 Å². The van der Waals surface area contributed by atoms with Crippen LogP contribution in [0.2, 0.25) is 0 Å². The first-order valence-electron chi connectivity index (χ1n) is 5.43. The molecular weight excluding hydrogens is 212 g/mol. The number of hydrogen-bond acceptors (Lipinski definition) is 4. The third-order valence-corrected chi connectivity index (χ3v) is 4.23. The molecule has 0 radical (unpaired) electrons. The summed E-state index contributed by atoms with van der Waals surface area (Å²) in [5.41, 5.74) is 2.17. The number of hydrogen-bond donors (Lipinski definition) is 3. The van der Waals surface area contributed by atoms with Crippen molar-refractivity contribution in [3.63, 3.8) is 0 Å². The largest absolute Gasteiger partial charge is 0.470 e. The Bertz CT molecular complexity index is 246. The van der Waals surface area contributed by atoms with Gasteiger partial charge in [-0.25, -0.2) is 5.84 Å². The van der Waals surface area contributed by atoms with Crippen molar-refractivity contribution < 1.29 is 9.84 Å². The molecule has 0 spiro atoms. The van der Waals surface area contributed by atoms with E-state index in [-0.39, 0.29) is 16.2 Å². The van der Waals surface area contributed by atoms with Crippen molar-refractivity contribution in [2.75, 3.05) is 6.61 Å². The standard InChI is InChI=1S/C10H18N2O2S/c11-12-8(15)14-7-9-1-4-10(13,5-2-9)6-3-9/h13H,1-7,11H2,(H,12,15). The SMILES string of the molecule is NNC(=S)OCC12CCC(O)(CC1)CC2. The van der Waals surface area contributed by atoms with Gasteiger partial charge in [-0.3, -0.25) is 5.43 Å². The zero-order chi connectivity index (χ0) is 10.9. The molecule has 0 heterocycles. The molecule has 86 valence electrons. The van der Waals surface area contributed by atoms with E-state index in [9.17, 15) is 5.11 Å². The van der Waals surface area contributed by atoms with Gasteiger partial charge >= 0.3 is 0 Å². The van der Waals surface area contributed by atoms with Gasteiger partial charge in [0.15, 0.2) is 0 Å². The molecule has 3 aliphatic rings. The van der Waals surface area contributed by atoms with Crippen molar-refractivity contribution >= 4 is 17.4 Å². The highest BCUT2D eigenvalue weighted by molar-refractivity contribution is 7.80. The first kappa shape index (κ1) is 11.1. The Labute approximate surface area is 95.1 Å². The average Bonchev–Trinajstić information content (AvgIpc) is 2.28. The van der Waals surface area contributed by atoms with E-state index >= 15 is 0 Å². The van der Waals surface area contributed by atoms with Crippen molar-refractivity contribution in [3.05, 3.63) is 0 Å². The van der Waals surface area contributed by atoms with Gasteiger partial charge in [-0.05, 0) is 50.7 Å². The van der Waals surface area contributed by atoms with Crippen molar-refractivity contribution in [3.8, 4) is 0 Å². The molecule has 0 saturated heterocycles. The Morgan fingerprint density at radius 3 is 2.27 bits per heavy atom. The number of nitrogens with two attached hydrogens (primary N) is 1. The summed E-state index contributed by atoms with van der Waals surface area (Å²) in [6, 6.07) is 0. The Balaban J connectivity index is 1.89. The summed E-state index contributed by atoms with van der Waals surface area (Å²) in [5, 5.41) is 10.3. The van der Waals surface area contributed by atoms with Crippen LogP contribution in [-0.2, 0) is 4.74 Å². The first-order chi connectivity index (χ1) is 7.08. The quantitative estimate of drug-likeness (QED) is 0.372. The topological polar surface area (TPSA) is 67.5 Å². The summed E-state index contributed by atoms with van der Waals surface area (Å²) < 4.78 is 5.40. The molecule has 3 fully saturated rings. The molecule has 15 heavy (non-hydrogen) atoms. The van der Waals surface area contributed by atoms with Crippen LogP contribution >= 0.6 is 12.2 Å². The normalized spacial score (nSPS) is 38.8. The Morgan fingerprint density at radius 1 is 1.27 bits per heavy atom. The number of thiocarbonyl (C=S) groups is 1. The van der Waals surface area contributed by atoms with Crippen LogP contribution in [0.1, 0.15) is 38.5 Å². The molecule has 3 rings (SSSR count). The minimum atomic E-state index is -0.381. The number of fused-ring (bicyclic) bond motifs is 3. The summed E-state index contributed by atoms with van der Waals surface area (Å²) >= 11 is 4.85. The van der Waals surface area contributed by atoms with Gasteiger partial charge in [0.1, 0.15) is 0 Å². The summed E-state index contributed by atoms with van der Waals surface area (Å²) in [6.07, 6.45) is 5.82. The van der Waals surface area contributed by atoms with Crippen LogP contribution < -0.4 is 11.3 Å². The highest BCUT2D eigenvalue weighted by Crippen LogP contribution is 2.52. The molecule has 0 atom stereocenters. The van der Waals surface area contributed by atoms with E-state index in [1.807, 2.05) is 0 Å². The van der Waals surface area contributed by atoms with Gasteiger partial charge in [-0.1, -0.05) is 0 Å². The second kappa shape index (κ2) is 3.88. The smallest absolute Gasteiger partial charge is 0.271 e. The molecule has 0 unspecified atom stereocenters. The van der Waals surface area contributed by atoms with Gasteiger partial charge in [0.2, 0.25) is 0 Å². The fourth-order valence-corrected chi connectivity index (χ4v) is 2.78. The lowest BCUT2D eigenvalue weighted by atomic mass is 9.59. The van der Waals surface area contributed by atoms with E-state index in [0.717, 1.165) is 38.5 Å². The van der Waals surface area contributed by atoms with Crippen LogP contribution in [0.25, 0.3) is 0 Å². The zero-order valence-electron chi connectivity index (χ0n) is 8.79. The predicted molar refractivity (Wildman–Crippen MR) is 61.0 cm³/mol. The molecule has 5 heteroatoms. The zero-order valence-corrected chi connectivity index (χ0v) is 9.61. The Hall–Kier alpha value is -0.390. The summed E-state index contributed by atoms with van der Waals surface area (Å²) in [4.78, 5) is 0. The van der Waals surface area contributed by atoms with Gasteiger partial charge in [0.25, 0.3) is 5.17 Å². The molecule has 3 aliphatic carbocycles. The molecule has 2 bridgehead atoms. The maximum atomic E-state index is 10.1. The van der Waals surface area contributed by atoms with Crippen LogP contribution in [0.4, 0.5) is 0 Å². The number of nitrogens with one attached hydrogen (secondary N) is 1. The van der Waals surface area contributed by atoms with Crippen molar-refractivity contribution in [1.82, 2.24) is 5.43 Å². The van der Waals surface area contributed by atoms with E-state index < -0.39 is 0 Å². The molecule has 0 aromatic heterocycles. The third kappa shape index (κ3) is 2.24. The van der Waals surface area contributed by atoms with Crippen LogP contribution in [-0.4, -0.2) is 22.5 Å². The fourth-order valence-electron chi connectivity index (χ4n) is 2.72. The maximum absolute atomic E-state index is 10.1. The first-order valence-corrected chi connectivity index (χ1v) is 5.84. The molecule has 0 aromatic carbocycles. The molecule has 0 aromatic rings. The minimum Gasteiger partial charge on any atom is -0.470 e. The molecule has 4 N–H and O–H groups in total. The van der Waals surface area contributed by atoms with Crippen LogP contribution in [0, 0.1) is 5.41 Å². The van der Waals surface area contributed by atoms with Crippen molar-refractivity contribution in [2.24, 2.45) is 11.3 Å². The minimum absolute atomic E-state index is 0.228. The van der Waals surface area contributed by atoms with Gasteiger partial charge in [0, 0.05) is 5.41 Å². The van der Waals surface area contributed by atoms with Gasteiger partial charge in [-0.2, -0.15) is 0 Å². The van der Waals surface area contributed by atoms with Gasteiger partial charge < -0.3 is 9.84 Å². The predicted octanol–water partition coefficient (Wildman–Crippen LogP) is 0.836. The van der Waals surface area contributed by atoms with Crippen LogP contribution in [0.3, 0.4) is 0 Å². The maximum Gasteiger partial charge on any atom is 0.271 e. The van der Waals surface area contributed by atoms with Crippen molar-refractivity contribution in [1.29, 1.82) is 0 Å². The molecule has 0 amide bonds.